The summed E-state index contributed by atoms with van der Waals surface area (Å²) in [4.78, 5) is 17.5. The van der Waals surface area contributed by atoms with Crippen molar-refractivity contribution in [2.45, 2.75) is 25.8 Å². The molecule has 2 aliphatic rings. The van der Waals surface area contributed by atoms with Gasteiger partial charge in [-0.15, -0.1) is 0 Å². The van der Waals surface area contributed by atoms with Crippen LogP contribution in [0.1, 0.15) is 41.7 Å². The molecule has 2 aliphatic heterocycles. The molecule has 1 unspecified atom stereocenters. The molecule has 2 fully saturated rings. The molecule has 0 spiro atoms. The predicted octanol–water partition coefficient (Wildman–Crippen LogP) is 3.90. The predicted molar refractivity (Wildman–Crippen MR) is 110 cm³/mol. The monoisotopic (exact) mass is 380 g/mol. The van der Waals surface area contributed by atoms with E-state index in [9.17, 15) is 4.79 Å². The minimum atomic E-state index is 0.116. The smallest absolute Gasteiger partial charge is 0.254 e. The summed E-state index contributed by atoms with van der Waals surface area (Å²) in [5.74, 6) is 0.991. The van der Waals surface area contributed by atoms with Crippen LogP contribution in [0.4, 0.5) is 5.69 Å². The highest BCUT2D eigenvalue weighted by molar-refractivity contribution is 5.95. The maximum absolute atomic E-state index is 13.2. The zero-order chi connectivity index (χ0) is 19.3. The van der Waals surface area contributed by atoms with E-state index in [0.29, 0.717) is 6.61 Å². The molecule has 2 heterocycles. The van der Waals surface area contributed by atoms with Gasteiger partial charge in [0.1, 0.15) is 5.75 Å². The van der Waals surface area contributed by atoms with Crippen LogP contribution < -0.4 is 9.64 Å². The summed E-state index contributed by atoms with van der Waals surface area (Å²) < 4.78 is 11.0. The van der Waals surface area contributed by atoms with Crippen molar-refractivity contribution in [2.75, 3.05) is 44.4 Å². The van der Waals surface area contributed by atoms with E-state index in [2.05, 4.69) is 29.2 Å². The molecule has 2 aromatic rings. The van der Waals surface area contributed by atoms with Crippen molar-refractivity contribution in [2.24, 2.45) is 0 Å². The molecule has 0 radical (unpaired) electrons. The third kappa shape index (κ3) is 3.99. The number of likely N-dealkylation sites (tertiary alicyclic amines) is 1. The molecule has 0 bridgehead atoms. The normalized spacial score (nSPS) is 19.7. The van der Waals surface area contributed by atoms with Crippen LogP contribution in [0.2, 0.25) is 0 Å². The van der Waals surface area contributed by atoms with Crippen molar-refractivity contribution in [1.29, 1.82) is 0 Å². The molecule has 0 aromatic heterocycles. The molecule has 148 valence electrons. The second kappa shape index (κ2) is 8.65. The van der Waals surface area contributed by atoms with E-state index >= 15 is 0 Å². The van der Waals surface area contributed by atoms with Crippen LogP contribution in [0.3, 0.4) is 0 Å². The number of morpholine rings is 1. The standard InChI is InChI=1S/C23H28N2O3/c1-2-28-21-11-7-18(8-12-21)22-4-3-13-25(22)23(26)19-5-9-20(10-6-19)24-14-16-27-17-15-24/h5-12,22H,2-4,13-17H2,1H3. The van der Waals surface area contributed by atoms with Gasteiger partial charge >= 0.3 is 0 Å². The minimum absolute atomic E-state index is 0.116. The Morgan fingerprint density at radius 1 is 1.04 bits per heavy atom. The Bertz CT molecular complexity index is 782. The summed E-state index contributed by atoms with van der Waals surface area (Å²) in [6.07, 6.45) is 2.04. The van der Waals surface area contributed by atoms with Crippen molar-refractivity contribution < 1.29 is 14.3 Å². The molecule has 2 aromatic carbocycles. The fourth-order valence-corrected chi connectivity index (χ4v) is 4.11. The molecular weight excluding hydrogens is 352 g/mol. The Morgan fingerprint density at radius 3 is 2.43 bits per heavy atom. The van der Waals surface area contributed by atoms with E-state index in [1.165, 1.54) is 5.56 Å². The summed E-state index contributed by atoms with van der Waals surface area (Å²) in [5.41, 5.74) is 3.10. The number of amides is 1. The summed E-state index contributed by atoms with van der Waals surface area (Å²) in [6.45, 7) is 6.78. The van der Waals surface area contributed by atoms with Crippen LogP contribution in [0, 0.1) is 0 Å². The number of hydrogen-bond acceptors (Lipinski definition) is 4. The Morgan fingerprint density at radius 2 is 1.75 bits per heavy atom. The molecule has 1 amide bonds. The van der Waals surface area contributed by atoms with Gasteiger partial charge in [0.2, 0.25) is 0 Å². The zero-order valence-electron chi connectivity index (χ0n) is 16.5. The maximum Gasteiger partial charge on any atom is 0.254 e. The van der Waals surface area contributed by atoms with Gasteiger partial charge in [-0.25, -0.2) is 0 Å². The fourth-order valence-electron chi connectivity index (χ4n) is 4.11. The van der Waals surface area contributed by atoms with Gasteiger partial charge in [-0.2, -0.15) is 0 Å². The SMILES string of the molecule is CCOc1ccc(C2CCCN2C(=O)c2ccc(N3CCOCC3)cc2)cc1. The summed E-state index contributed by atoms with van der Waals surface area (Å²) in [6, 6.07) is 16.3. The highest BCUT2D eigenvalue weighted by atomic mass is 16.5. The van der Waals surface area contributed by atoms with Gasteiger partial charge in [0.25, 0.3) is 5.91 Å². The molecule has 28 heavy (non-hydrogen) atoms. The molecule has 0 saturated carbocycles. The molecule has 2 saturated heterocycles. The van der Waals surface area contributed by atoms with Crippen molar-refractivity contribution in [3.8, 4) is 5.75 Å². The van der Waals surface area contributed by atoms with Crippen molar-refractivity contribution >= 4 is 11.6 Å². The molecule has 0 aliphatic carbocycles. The third-order valence-electron chi connectivity index (χ3n) is 5.58. The lowest BCUT2D eigenvalue weighted by atomic mass is 10.0. The van der Waals surface area contributed by atoms with Gasteiger partial charge in [-0.05, 0) is 61.7 Å². The zero-order valence-corrected chi connectivity index (χ0v) is 16.5. The van der Waals surface area contributed by atoms with Crippen molar-refractivity contribution in [1.82, 2.24) is 4.90 Å². The van der Waals surface area contributed by atoms with Crippen LogP contribution >= 0.6 is 0 Å². The highest BCUT2D eigenvalue weighted by Crippen LogP contribution is 2.34. The van der Waals surface area contributed by atoms with Crippen LogP contribution in [0.15, 0.2) is 48.5 Å². The largest absolute Gasteiger partial charge is 0.494 e. The lowest BCUT2D eigenvalue weighted by Gasteiger charge is -2.29. The summed E-state index contributed by atoms with van der Waals surface area (Å²) >= 11 is 0. The molecule has 1 atom stereocenters. The second-order valence-electron chi connectivity index (χ2n) is 7.30. The van der Waals surface area contributed by atoms with E-state index < -0.39 is 0 Å². The number of carbonyl (C=O) groups excluding carboxylic acids is 1. The number of carbonyl (C=O) groups is 1. The van der Waals surface area contributed by atoms with E-state index in [1.807, 2.05) is 36.1 Å². The summed E-state index contributed by atoms with van der Waals surface area (Å²) in [5, 5.41) is 0. The lowest BCUT2D eigenvalue weighted by Crippen LogP contribution is -2.36. The number of rotatable bonds is 5. The number of ether oxygens (including phenoxy) is 2. The van der Waals surface area contributed by atoms with Gasteiger partial charge in [0.15, 0.2) is 0 Å². The average molecular weight is 380 g/mol. The molecular formula is C23H28N2O3. The Labute approximate surface area is 166 Å². The maximum atomic E-state index is 13.2. The van der Waals surface area contributed by atoms with Crippen molar-refractivity contribution in [3.05, 3.63) is 59.7 Å². The lowest BCUT2D eigenvalue weighted by molar-refractivity contribution is 0.0735. The van der Waals surface area contributed by atoms with Crippen LogP contribution in [-0.4, -0.2) is 50.3 Å². The van der Waals surface area contributed by atoms with Crippen LogP contribution in [-0.2, 0) is 4.74 Å². The van der Waals surface area contributed by atoms with Gasteiger partial charge in [-0.3, -0.25) is 4.79 Å². The molecule has 5 heteroatoms. The first-order valence-electron chi connectivity index (χ1n) is 10.2. The Hall–Kier alpha value is -2.53. The second-order valence-corrected chi connectivity index (χ2v) is 7.30. The molecule has 4 rings (SSSR count). The van der Waals surface area contributed by atoms with Crippen molar-refractivity contribution in [3.63, 3.8) is 0 Å². The van der Waals surface area contributed by atoms with Gasteiger partial charge in [0, 0.05) is 30.9 Å². The van der Waals surface area contributed by atoms with Crippen LogP contribution in [0.5, 0.6) is 5.75 Å². The fraction of sp³-hybridized carbons (Fsp3) is 0.435. The number of nitrogens with zero attached hydrogens (tertiary/aromatic N) is 2. The van der Waals surface area contributed by atoms with E-state index in [-0.39, 0.29) is 11.9 Å². The first-order valence-corrected chi connectivity index (χ1v) is 10.2. The number of anilines is 1. The van der Waals surface area contributed by atoms with E-state index in [1.54, 1.807) is 0 Å². The molecule has 0 N–H and O–H groups in total. The summed E-state index contributed by atoms with van der Waals surface area (Å²) in [7, 11) is 0. The first kappa shape index (κ1) is 18.8. The Balaban J connectivity index is 1.47. The van der Waals surface area contributed by atoms with Gasteiger partial charge in [0.05, 0.1) is 25.9 Å². The van der Waals surface area contributed by atoms with E-state index in [4.69, 9.17) is 9.47 Å². The highest BCUT2D eigenvalue weighted by Gasteiger charge is 2.30. The Kier molecular flexibility index (Phi) is 5.81. The van der Waals surface area contributed by atoms with Gasteiger partial charge in [-0.1, -0.05) is 12.1 Å². The van der Waals surface area contributed by atoms with Crippen LogP contribution in [0.25, 0.3) is 0 Å². The molecule has 5 nitrogen and oxygen atoms in total. The quantitative estimate of drug-likeness (QED) is 0.789. The first-order chi connectivity index (χ1) is 13.8. The number of benzene rings is 2. The topological polar surface area (TPSA) is 42.0 Å². The minimum Gasteiger partial charge on any atom is -0.494 e. The third-order valence-corrected chi connectivity index (χ3v) is 5.58. The average Bonchev–Trinajstić information content (AvgIpc) is 3.25. The van der Waals surface area contributed by atoms with E-state index in [0.717, 1.165) is 62.7 Å². The number of hydrogen-bond donors (Lipinski definition) is 0. The van der Waals surface area contributed by atoms with Gasteiger partial charge < -0.3 is 19.3 Å².